The lowest BCUT2D eigenvalue weighted by Gasteiger charge is -1.84. The van der Waals surface area contributed by atoms with E-state index in [0.29, 0.717) is 5.69 Å². The minimum Gasteiger partial charge on any atom is -0.359 e. The van der Waals surface area contributed by atoms with E-state index in [1.54, 1.807) is 0 Å². The van der Waals surface area contributed by atoms with Crippen LogP contribution in [0.15, 0.2) is 12.4 Å². The van der Waals surface area contributed by atoms with Gasteiger partial charge in [-0.3, -0.25) is 4.98 Å². The first-order chi connectivity index (χ1) is 4.33. The van der Waals surface area contributed by atoms with Crippen molar-refractivity contribution in [2.75, 3.05) is 0 Å². The summed E-state index contributed by atoms with van der Waals surface area (Å²) in [7, 11) is 0. The van der Waals surface area contributed by atoms with Crippen LogP contribution in [0.3, 0.4) is 0 Å². The molecule has 0 saturated heterocycles. The molecule has 0 atom stereocenters. The number of rotatable bonds is 0. The third kappa shape index (κ3) is 1.23. The van der Waals surface area contributed by atoms with Gasteiger partial charge in [-0.05, 0) is 0 Å². The molecule has 0 aliphatic carbocycles. The van der Waals surface area contributed by atoms with Crippen molar-refractivity contribution in [1.29, 1.82) is 0 Å². The third-order valence-corrected chi connectivity index (χ3v) is 0.773. The first-order valence-electron chi connectivity index (χ1n) is 2.28. The Kier molecular flexibility index (Phi) is 1.41. The average Bonchev–Trinajstić information content (AvgIpc) is 1.90. The van der Waals surface area contributed by atoms with Crippen LogP contribution in [0.2, 0.25) is 0 Å². The second-order valence-corrected chi connectivity index (χ2v) is 1.41. The molecule has 0 aliphatic heterocycles. The molecule has 1 aromatic rings. The summed E-state index contributed by atoms with van der Waals surface area (Å²) < 4.78 is 0. The Labute approximate surface area is 53.2 Å². The lowest BCUT2D eigenvalue weighted by molar-refractivity contribution is 1.18. The Morgan fingerprint density at radius 1 is 1.44 bits per heavy atom. The van der Waals surface area contributed by atoms with E-state index >= 15 is 0 Å². The van der Waals surface area contributed by atoms with Crippen molar-refractivity contribution in [2.45, 2.75) is 0 Å². The van der Waals surface area contributed by atoms with Crippen molar-refractivity contribution in [1.82, 2.24) is 9.97 Å². The summed E-state index contributed by atoms with van der Waals surface area (Å²) in [6, 6.07) is 0. The van der Waals surface area contributed by atoms with Crippen LogP contribution in [-0.4, -0.2) is 9.97 Å². The Morgan fingerprint density at radius 3 is 2.67 bits per heavy atom. The Bertz CT molecular complexity index is 231. The Morgan fingerprint density at radius 2 is 2.22 bits per heavy atom. The van der Waals surface area contributed by atoms with E-state index in [4.69, 9.17) is 13.5 Å². The van der Waals surface area contributed by atoms with Crippen LogP contribution in [0.4, 0.5) is 5.82 Å². The molecule has 0 aromatic carbocycles. The molecule has 0 bridgehead atoms. The second kappa shape index (κ2) is 2.23. The van der Waals surface area contributed by atoms with E-state index in [2.05, 4.69) is 14.8 Å². The van der Waals surface area contributed by atoms with Gasteiger partial charge in [0.15, 0.2) is 0 Å². The molecule has 2 radical (unpaired) electrons. The van der Waals surface area contributed by atoms with Crippen molar-refractivity contribution in [3.63, 3.8) is 0 Å². The summed E-state index contributed by atoms with van der Waals surface area (Å²) in [5, 5.41) is 0. The topological polar surface area (TPSA) is 30.1 Å². The maximum Gasteiger partial charge on any atom is 0.287 e. The van der Waals surface area contributed by atoms with Crippen LogP contribution in [0.5, 0.6) is 0 Å². The minimum atomic E-state index is 0.268. The normalized spacial score (nSPS) is 8.44. The van der Waals surface area contributed by atoms with Gasteiger partial charge in [0.2, 0.25) is 0 Å². The van der Waals surface area contributed by atoms with E-state index < -0.39 is 0 Å². The summed E-state index contributed by atoms with van der Waals surface area (Å²) in [6.07, 6.45) is 2.69. The molecular weight excluding hydrogens is 114 g/mol. The molecule has 0 fully saturated rings. The highest BCUT2D eigenvalue weighted by Gasteiger charge is 1.90. The summed E-state index contributed by atoms with van der Waals surface area (Å²) in [4.78, 5) is 10.3. The van der Waals surface area contributed by atoms with Crippen LogP contribution in [-0.2, 0) is 0 Å². The lowest BCUT2D eigenvalue weighted by atomic mass is 10.5. The van der Waals surface area contributed by atoms with Crippen molar-refractivity contribution < 1.29 is 0 Å². The highest BCUT2D eigenvalue weighted by Crippen LogP contribution is 2.02. The van der Waals surface area contributed by atoms with Gasteiger partial charge in [0, 0.05) is 6.92 Å². The van der Waals surface area contributed by atoms with Crippen LogP contribution >= 0.6 is 0 Å². The SMILES string of the molecule is [C-]#[N+]c1cnc([CH])cn1. The predicted octanol–water partition coefficient (Wildman–Crippen LogP) is 1.09. The van der Waals surface area contributed by atoms with Gasteiger partial charge in [0.1, 0.15) is 6.20 Å². The maximum absolute atomic E-state index is 6.50. The summed E-state index contributed by atoms with van der Waals surface area (Å²) in [6.45, 7) is 11.7. The van der Waals surface area contributed by atoms with E-state index in [1.165, 1.54) is 12.4 Å². The molecule has 0 saturated carbocycles. The maximum atomic E-state index is 6.50. The molecule has 1 heterocycles. The van der Waals surface area contributed by atoms with E-state index in [-0.39, 0.29) is 5.82 Å². The predicted molar refractivity (Wildman–Crippen MR) is 31.7 cm³/mol. The Balaban J connectivity index is 3.06. The summed E-state index contributed by atoms with van der Waals surface area (Å²) in [5.74, 6) is 0.268. The van der Waals surface area contributed by atoms with Gasteiger partial charge in [-0.25, -0.2) is 0 Å². The van der Waals surface area contributed by atoms with Crippen molar-refractivity contribution in [3.05, 3.63) is 36.4 Å². The first kappa shape index (κ1) is 5.70. The summed E-state index contributed by atoms with van der Waals surface area (Å²) in [5.41, 5.74) is 0.336. The molecule has 3 nitrogen and oxygen atoms in total. The van der Waals surface area contributed by atoms with Crippen LogP contribution in [0, 0.1) is 13.5 Å². The quantitative estimate of drug-likeness (QED) is 0.476. The molecule has 0 spiro atoms. The van der Waals surface area contributed by atoms with Gasteiger partial charge in [-0.1, -0.05) is 6.57 Å². The number of aromatic nitrogens is 2. The van der Waals surface area contributed by atoms with E-state index in [1.807, 2.05) is 0 Å². The molecule has 0 N–H and O–H groups in total. The standard InChI is InChI=1S/C6H3N3/c1-5-3-9-6(7-2)4-8-5/h1,3-4H. The number of hydrogen-bond acceptors (Lipinski definition) is 2. The molecular formula is C6H3N3. The van der Waals surface area contributed by atoms with E-state index in [9.17, 15) is 0 Å². The number of nitrogens with zero attached hydrogens (tertiary/aromatic N) is 3. The zero-order valence-electron chi connectivity index (χ0n) is 4.57. The molecule has 3 heteroatoms. The fourth-order valence-electron chi connectivity index (χ4n) is 0.389. The zero-order valence-corrected chi connectivity index (χ0v) is 4.57. The van der Waals surface area contributed by atoms with Gasteiger partial charge in [0.05, 0.1) is 11.9 Å². The first-order valence-corrected chi connectivity index (χ1v) is 2.28. The molecule has 9 heavy (non-hydrogen) atoms. The highest BCUT2D eigenvalue weighted by molar-refractivity contribution is 5.31. The zero-order chi connectivity index (χ0) is 6.69. The second-order valence-electron chi connectivity index (χ2n) is 1.41. The van der Waals surface area contributed by atoms with Gasteiger partial charge in [0.25, 0.3) is 5.82 Å². The molecule has 0 aliphatic rings. The molecule has 1 aromatic heterocycles. The largest absolute Gasteiger partial charge is 0.359 e. The molecule has 0 amide bonds. The van der Waals surface area contributed by atoms with Crippen molar-refractivity contribution >= 4 is 5.82 Å². The minimum absolute atomic E-state index is 0.268. The van der Waals surface area contributed by atoms with Crippen LogP contribution in [0.1, 0.15) is 5.69 Å². The van der Waals surface area contributed by atoms with Gasteiger partial charge >= 0.3 is 0 Å². The van der Waals surface area contributed by atoms with Crippen molar-refractivity contribution in [3.8, 4) is 0 Å². The molecule has 42 valence electrons. The fraction of sp³-hybridized carbons (Fsp3) is 0. The lowest BCUT2D eigenvalue weighted by Crippen LogP contribution is -1.79. The van der Waals surface area contributed by atoms with Crippen LogP contribution < -0.4 is 0 Å². The third-order valence-electron chi connectivity index (χ3n) is 0.773. The smallest absolute Gasteiger partial charge is 0.287 e. The molecule has 0 unspecified atom stereocenters. The Hall–Kier alpha value is -1.43. The molecule has 1 rings (SSSR count). The van der Waals surface area contributed by atoms with Crippen LogP contribution in [0.25, 0.3) is 4.85 Å². The summed E-state index contributed by atoms with van der Waals surface area (Å²) >= 11 is 0. The van der Waals surface area contributed by atoms with Gasteiger partial charge in [-0.2, -0.15) is 0 Å². The fourth-order valence-corrected chi connectivity index (χ4v) is 0.389. The monoisotopic (exact) mass is 117 g/mol. The van der Waals surface area contributed by atoms with Gasteiger partial charge < -0.3 is 4.85 Å². The van der Waals surface area contributed by atoms with Crippen molar-refractivity contribution in [2.24, 2.45) is 0 Å². The average molecular weight is 117 g/mol. The van der Waals surface area contributed by atoms with Gasteiger partial charge in [-0.15, -0.1) is 4.98 Å². The number of hydrogen-bond donors (Lipinski definition) is 0. The van der Waals surface area contributed by atoms with E-state index in [0.717, 1.165) is 0 Å². The highest BCUT2D eigenvalue weighted by atomic mass is 14.9.